The number of ether oxygens (including phenoxy) is 1. The molecule has 2 aromatic carbocycles. The number of amidine groups is 1. The Hall–Kier alpha value is -2.77. The summed E-state index contributed by atoms with van der Waals surface area (Å²) < 4.78 is 5.46. The molecule has 5 rings (SSSR count). The predicted molar refractivity (Wildman–Crippen MR) is 161 cm³/mol. The highest BCUT2D eigenvalue weighted by Crippen LogP contribution is 2.45. The summed E-state index contributed by atoms with van der Waals surface area (Å²) in [6.45, 7) is 17.5. The fourth-order valence-electron chi connectivity index (χ4n) is 6.23. The molecule has 0 aromatic heterocycles. The number of thioether (sulfide) groups is 1. The third-order valence-corrected chi connectivity index (χ3v) is 8.78. The van der Waals surface area contributed by atoms with E-state index in [2.05, 4.69) is 74.8 Å². The lowest BCUT2D eigenvalue weighted by atomic mass is 9.79. The summed E-state index contributed by atoms with van der Waals surface area (Å²) in [4.78, 5) is 25.5. The van der Waals surface area contributed by atoms with Crippen molar-refractivity contribution in [2.24, 2.45) is 4.99 Å². The molecule has 1 atom stereocenters. The van der Waals surface area contributed by atoms with Crippen molar-refractivity contribution in [3.63, 3.8) is 0 Å². The van der Waals surface area contributed by atoms with E-state index in [1.807, 2.05) is 25.1 Å². The minimum atomic E-state index is 0.0249. The number of nitrogens with zero attached hydrogens (tertiary/aromatic N) is 4. The van der Waals surface area contributed by atoms with Crippen molar-refractivity contribution in [1.82, 2.24) is 4.90 Å². The van der Waals surface area contributed by atoms with E-state index in [1.165, 1.54) is 28.7 Å². The van der Waals surface area contributed by atoms with E-state index >= 15 is 0 Å². The van der Waals surface area contributed by atoms with Crippen LogP contribution in [0.25, 0.3) is 6.08 Å². The Balaban J connectivity index is 1.39. The van der Waals surface area contributed by atoms with Crippen LogP contribution < -0.4 is 9.80 Å². The maximum atomic E-state index is 13.3. The molecule has 0 N–H and O–H groups in total. The number of hydrogen-bond acceptors (Lipinski definition) is 6. The van der Waals surface area contributed by atoms with E-state index in [-0.39, 0.29) is 11.4 Å². The van der Waals surface area contributed by atoms with Gasteiger partial charge in [0.25, 0.3) is 5.91 Å². The molecular formula is C31H40N4O2S. The number of carbonyl (C=O) groups is 1. The molecule has 0 spiro atoms. The number of aliphatic imine (C=N–C) groups is 1. The van der Waals surface area contributed by atoms with Crippen molar-refractivity contribution in [3.05, 3.63) is 58.5 Å². The highest BCUT2D eigenvalue weighted by Gasteiger charge is 2.38. The standard InChI is InChI=1S/C31H40N4O2S/c1-7-34-29(36)28(38-30(34)32-24-9-11-25(12-10-24)33-14-16-37-17-15-33)19-23-8-13-27-26(18-23)22(4)20-31(5,6)35(27)21(2)3/h8-13,18-19,21-22H,7,14-17,20H2,1-6H3/b28-19-,32-30?. The number of likely N-dealkylation sites (N-methyl/N-ethyl adjacent to an activating group) is 1. The lowest BCUT2D eigenvalue weighted by Crippen LogP contribution is -2.51. The quantitative estimate of drug-likeness (QED) is 0.404. The van der Waals surface area contributed by atoms with Gasteiger partial charge in [-0.05, 0) is 112 Å². The predicted octanol–water partition coefficient (Wildman–Crippen LogP) is 6.65. The maximum Gasteiger partial charge on any atom is 0.266 e. The molecule has 3 aliphatic heterocycles. The Morgan fingerprint density at radius 3 is 2.50 bits per heavy atom. The van der Waals surface area contributed by atoms with Gasteiger partial charge in [-0.15, -0.1) is 0 Å². The van der Waals surface area contributed by atoms with Crippen LogP contribution in [-0.4, -0.2) is 60.4 Å². The molecule has 3 heterocycles. The van der Waals surface area contributed by atoms with Gasteiger partial charge in [-0.1, -0.05) is 13.0 Å². The van der Waals surface area contributed by atoms with Crippen LogP contribution in [0.2, 0.25) is 0 Å². The molecule has 202 valence electrons. The Morgan fingerprint density at radius 1 is 1.13 bits per heavy atom. The van der Waals surface area contributed by atoms with Gasteiger partial charge in [0, 0.05) is 42.6 Å². The average Bonchev–Trinajstić information content (AvgIpc) is 3.18. The number of morpholine rings is 1. The van der Waals surface area contributed by atoms with E-state index in [4.69, 9.17) is 9.73 Å². The Kier molecular flexibility index (Phi) is 7.60. The molecule has 0 bridgehead atoms. The zero-order chi connectivity index (χ0) is 27.0. The van der Waals surface area contributed by atoms with Crippen LogP contribution in [-0.2, 0) is 9.53 Å². The minimum Gasteiger partial charge on any atom is -0.378 e. The average molecular weight is 533 g/mol. The molecular weight excluding hydrogens is 492 g/mol. The monoisotopic (exact) mass is 532 g/mol. The van der Waals surface area contributed by atoms with Crippen LogP contribution >= 0.6 is 11.8 Å². The van der Waals surface area contributed by atoms with Gasteiger partial charge in [-0.2, -0.15) is 0 Å². The Morgan fingerprint density at radius 2 is 1.84 bits per heavy atom. The van der Waals surface area contributed by atoms with Crippen molar-refractivity contribution < 1.29 is 9.53 Å². The zero-order valence-electron chi connectivity index (χ0n) is 23.5. The van der Waals surface area contributed by atoms with Gasteiger partial charge in [-0.3, -0.25) is 9.69 Å². The molecule has 3 aliphatic rings. The summed E-state index contributed by atoms with van der Waals surface area (Å²) in [6, 6.07) is 15.4. The molecule has 38 heavy (non-hydrogen) atoms. The molecule has 2 aromatic rings. The molecule has 0 saturated carbocycles. The summed E-state index contributed by atoms with van der Waals surface area (Å²) in [5.74, 6) is 0.488. The van der Waals surface area contributed by atoms with Crippen LogP contribution in [0.4, 0.5) is 17.1 Å². The maximum absolute atomic E-state index is 13.3. The molecule has 2 fully saturated rings. The molecule has 6 nitrogen and oxygen atoms in total. The minimum absolute atomic E-state index is 0.0249. The second-order valence-corrected chi connectivity index (χ2v) is 12.4. The van der Waals surface area contributed by atoms with Crippen LogP contribution in [0.3, 0.4) is 0 Å². The highest BCUT2D eigenvalue weighted by atomic mass is 32.2. The number of benzene rings is 2. The van der Waals surface area contributed by atoms with Gasteiger partial charge in [0.05, 0.1) is 23.8 Å². The summed E-state index contributed by atoms with van der Waals surface area (Å²) in [7, 11) is 0. The fraction of sp³-hybridized carbons (Fsp3) is 0.484. The van der Waals surface area contributed by atoms with Crippen molar-refractivity contribution in [3.8, 4) is 0 Å². The second kappa shape index (κ2) is 10.8. The van der Waals surface area contributed by atoms with Crippen molar-refractivity contribution >= 4 is 46.0 Å². The van der Waals surface area contributed by atoms with Gasteiger partial charge in [0.1, 0.15) is 0 Å². The Labute approximate surface area is 231 Å². The van der Waals surface area contributed by atoms with E-state index in [9.17, 15) is 4.79 Å². The van der Waals surface area contributed by atoms with Crippen LogP contribution in [0.15, 0.2) is 52.4 Å². The summed E-state index contributed by atoms with van der Waals surface area (Å²) in [5.41, 5.74) is 5.91. The van der Waals surface area contributed by atoms with E-state index in [0.717, 1.165) is 54.0 Å². The summed E-state index contributed by atoms with van der Waals surface area (Å²) in [6.07, 6.45) is 3.14. The lowest BCUT2D eigenvalue weighted by molar-refractivity contribution is -0.122. The molecule has 2 saturated heterocycles. The molecule has 1 amide bonds. The van der Waals surface area contributed by atoms with Crippen molar-refractivity contribution in [2.75, 3.05) is 42.6 Å². The first kappa shape index (κ1) is 26.8. The van der Waals surface area contributed by atoms with Gasteiger partial charge < -0.3 is 14.5 Å². The fourth-order valence-corrected chi connectivity index (χ4v) is 7.29. The van der Waals surface area contributed by atoms with Crippen molar-refractivity contribution in [1.29, 1.82) is 0 Å². The zero-order valence-corrected chi connectivity index (χ0v) is 24.3. The second-order valence-electron chi connectivity index (χ2n) is 11.4. The first-order valence-corrected chi connectivity index (χ1v) is 14.7. The van der Waals surface area contributed by atoms with E-state index in [1.54, 1.807) is 4.90 Å². The number of rotatable bonds is 5. The molecule has 0 radical (unpaired) electrons. The van der Waals surface area contributed by atoms with Gasteiger partial charge >= 0.3 is 0 Å². The number of hydrogen-bond donors (Lipinski definition) is 0. The van der Waals surface area contributed by atoms with Crippen LogP contribution in [0, 0.1) is 0 Å². The first-order valence-electron chi connectivity index (χ1n) is 13.8. The number of anilines is 2. The third kappa shape index (κ3) is 5.23. The topological polar surface area (TPSA) is 48.4 Å². The highest BCUT2D eigenvalue weighted by molar-refractivity contribution is 8.18. The van der Waals surface area contributed by atoms with Gasteiger partial charge in [0.2, 0.25) is 0 Å². The van der Waals surface area contributed by atoms with E-state index in [0.29, 0.717) is 18.5 Å². The molecule has 0 aliphatic carbocycles. The SMILES string of the molecule is CCN1C(=O)/C(=C/c2ccc3c(c2)C(C)CC(C)(C)N3C(C)C)SC1=Nc1ccc(N2CCOCC2)cc1. The number of amides is 1. The number of fused-ring (bicyclic) bond motifs is 1. The molecule has 7 heteroatoms. The molecule has 1 unspecified atom stereocenters. The summed E-state index contributed by atoms with van der Waals surface area (Å²) in [5, 5.41) is 0.738. The van der Waals surface area contributed by atoms with Crippen LogP contribution in [0.5, 0.6) is 0 Å². The lowest BCUT2D eigenvalue weighted by Gasteiger charge is -2.50. The smallest absolute Gasteiger partial charge is 0.266 e. The summed E-state index contributed by atoms with van der Waals surface area (Å²) >= 11 is 1.47. The Bertz CT molecular complexity index is 1250. The third-order valence-electron chi connectivity index (χ3n) is 7.77. The van der Waals surface area contributed by atoms with E-state index < -0.39 is 0 Å². The first-order chi connectivity index (χ1) is 18.2. The number of carbonyl (C=O) groups excluding carboxylic acids is 1. The largest absolute Gasteiger partial charge is 0.378 e. The van der Waals surface area contributed by atoms with Crippen molar-refractivity contribution in [2.45, 2.75) is 65.5 Å². The normalized spacial score (nSPS) is 23.6. The van der Waals surface area contributed by atoms with Crippen LogP contribution in [0.1, 0.15) is 65.0 Å². The van der Waals surface area contributed by atoms with Gasteiger partial charge in [0.15, 0.2) is 5.17 Å². The van der Waals surface area contributed by atoms with Gasteiger partial charge in [-0.25, -0.2) is 4.99 Å².